The lowest BCUT2D eigenvalue weighted by molar-refractivity contribution is -0.147. The molecule has 3 saturated heterocycles. The van der Waals surface area contributed by atoms with Crippen molar-refractivity contribution >= 4 is 17.7 Å². The second-order valence-electron chi connectivity index (χ2n) is 9.00. The van der Waals surface area contributed by atoms with E-state index in [-0.39, 0.29) is 12.0 Å². The van der Waals surface area contributed by atoms with Crippen molar-refractivity contribution in [2.24, 2.45) is 5.41 Å². The zero-order valence-electron chi connectivity index (χ0n) is 17.7. The molecule has 2 aromatic rings. The summed E-state index contributed by atoms with van der Waals surface area (Å²) in [5, 5.41) is 0. The number of nitrogens with zero attached hydrogens (tertiary/aromatic N) is 2. The zero-order valence-corrected chi connectivity index (χ0v) is 17.7. The summed E-state index contributed by atoms with van der Waals surface area (Å²) in [6.07, 6.45) is 2.51. The minimum atomic E-state index is -0.623. The predicted molar refractivity (Wildman–Crippen MR) is 117 cm³/mol. The molecule has 2 amide bonds. The van der Waals surface area contributed by atoms with Crippen LogP contribution in [0.4, 0.5) is 10.5 Å². The third-order valence-corrected chi connectivity index (χ3v) is 6.93. The molecule has 0 unspecified atom stereocenters. The van der Waals surface area contributed by atoms with Gasteiger partial charge in [0.25, 0.3) is 0 Å². The summed E-state index contributed by atoms with van der Waals surface area (Å²) in [5.74, 6) is 0.172. The smallest absolute Gasteiger partial charge is 0.415 e. The standard InChI is InChI=1S/C25H28N2O4/c28-22(24(12-15-30-16-13-24)17-20-7-3-1-4-8-20)26-14-11-25(18-26)19-27(23(29)31-25)21-9-5-2-6-10-21/h1-10H,11-19H2/t25-/m0/s1. The Morgan fingerprint density at radius 2 is 1.58 bits per heavy atom. The van der Waals surface area contributed by atoms with Crippen molar-refractivity contribution in [3.05, 3.63) is 66.2 Å². The van der Waals surface area contributed by atoms with Crippen molar-refractivity contribution in [1.82, 2.24) is 4.90 Å². The van der Waals surface area contributed by atoms with Gasteiger partial charge in [-0.2, -0.15) is 0 Å². The van der Waals surface area contributed by atoms with Crippen molar-refractivity contribution < 1.29 is 19.1 Å². The number of carbonyl (C=O) groups is 2. The van der Waals surface area contributed by atoms with Crippen LogP contribution in [0, 0.1) is 5.41 Å². The van der Waals surface area contributed by atoms with E-state index in [4.69, 9.17) is 9.47 Å². The number of anilines is 1. The first-order chi connectivity index (χ1) is 15.1. The van der Waals surface area contributed by atoms with Gasteiger partial charge in [-0.1, -0.05) is 48.5 Å². The van der Waals surface area contributed by atoms with Gasteiger partial charge in [-0.15, -0.1) is 0 Å². The molecule has 5 rings (SSSR count). The van der Waals surface area contributed by atoms with Gasteiger partial charge in [-0.25, -0.2) is 4.79 Å². The maximum atomic E-state index is 13.8. The second-order valence-corrected chi connectivity index (χ2v) is 9.00. The van der Waals surface area contributed by atoms with Gasteiger partial charge in [0, 0.05) is 31.9 Å². The minimum absolute atomic E-state index is 0.172. The fourth-order valence-corrected chi connectivity index (χ4v) is 5.21. The van der Waals surface area contributed by atoms with E-state index in [1.807, 2.05) is 53.4 Å². The van der Waals surface area contributed by atoms with Gasteiger partial charge in [-0.05, 0) is 37.0 Å². The van der Waals surface area contributed by atoms with Crippen LogP contribution in [0.25, 0.3) is 0 Å². The molecule has 0 radical (unpaired) electrons. The van der Waals surface area contributed by atoms with Crippen LogP contribution in [0.3, 0.4) is 0 Å². The summed E-state index contributed by atoms with van der Waals surface area (Å²) >= 11 is 0. The van der Waals surface area contributed by atoms with Crippen LogP contribution >= 0.6 is 0 Å². The van der Waals surface area contributed by atoms with E-state index in [0.29, 0.717) is 39.3 Å². The first-order valence-electron chi connectivity index (χ1n) is 11.1. The van der Waals surface area contributed by atoms with Crippen molar-refractivity contribution in [1.29, 1.82) is 0 Å². The fourth-order valence-electron chi connectivity index (χ4n) is 5.21. The van der Waals surface area contributed by atoms with Gasteiger partial charge in [0.2, 0.25) is 5.91 Å². The molecule has 0 bridgehead atoms. The Morgan fingerprint density at radius 3 is 2.29 bits per heavy atom. The monoisotopic (exact) mass is 420 g/mol. The summed E-state index contributed by atoms with van der Waals surface area (Å²) < 4.78 is 11.5. The number of rotatable bonds is 4. The molecule has 3 heterocycles. The number of carbonyl (C=O) groups excluding carboxylic acids is 2. The highest BCUT2D eigenvalue weighted by atomic mass is 16.6. The summed E-state index contributed by atoms with van der Waals surface area (Å²) in [5.41, 5.74) is 0.933. The Labute approximate surface area is 182 Å². The first kappa shape index (κ1) is 20.1. The maximum Gasteiger partial charge on any atom is 0.415 e. The molecule has 2 aromatic carbocycles. The Morgan fingerprint density at radius 1 is 0.903 bits per heavy atom. The van der Waals surface area contributed by atoms with Gasteiger partial charge >= 0.3 is 6.09 Å². The third kappa shape index (κ3) is 3.81. The third-order valence-electron chi connectivity index (χ3n) is 6.93. The lowest BCUT2D eigenvalue weighted by atomic mass is 9.74. The maximum absolute atomic E-state index is 13.8. The van der Waals surface area contributed by atoms with Gasteiger partial charge in [0.15, 0.2) is 5.60 Å². The molecule has 6 heteroatoms. The Bertz CT molecular complexity index is 943. The van der Waals surface area contributed by atoms with E-state index < -0.39 is 11.0 Å². The lowest BCUT2D eigenvalue weighted by Crippen LogP contribution is -2.49. The van der Waals surface area contributed by atoms with E-state index in [0.717, 1.165) is 24.9 Å². The fraction of sp³-hybridized carbons (Fsp3) is 0.440. The molecule has 6 nitrogen and oxygen atoms in total. The van der Waals surface area contributed by atoms with Gasteiger partial charge in [0.05, 0.1) is 18.5 Å². The molecule has 31 heavy (non-hydrogen) atoms. The highest BCUT2D eigenvalue weighted by Crippen LogP contribution is 2.41. The summed E-state index contributed by atoms with van der Waals surface area (Å²) in [6, 6.07) is 19.8. The number of para-hydroxylation sites is 1. The number of hydrogen-bond donors (Lipinski definition) is 0. The van der Waals surface area contributed by atoms with Crippen LogP contribution < -0.4 is 4.90 Å². The Balaban J connectivity index is 1.33. The molecule has 1 spiro atoms. The van der Waals surface area contributed by atoms with E-state index in [1.165, 1.54) is 5.56 Å². The van der Waals surface area contributed by atoms with Crippen LogP contribution in [0.2, 0.25) is 0 Å². The quantitative estimate of drug-likeness (QED) is 0.758. The lowest BCUT2D eigenvalue weighted by Gasteiger charge is -2.39. The average Bonchev–Trinajstić information content (AvgIpc) is 3.37. The van der Waals surface area contributed by atoms with Gasteiger partial charge < -0.3 is 14.4 Å². The molecule has 3 aliphatic heterocycles. The number of likely N-dealkylation sites (tertiary alicyclic amines) is 1. The Kier molecular flexibility index (Phi) is 5.18. The number of benzene rings is 2. The predicted octanol–water partition coefficient (Wildman–Crippen LogP) is 3.65. The van der Waals surface area contributed by atoms with E-state index in [2.05, 4.69) is 12.1 Å². The molecule has 3 fully saturated rings. The number of amides is 2. The van der Waals surface area contributed by atoms with Crippen LogP contribution in [-0.2, 0) is 20.7 Å². The summed E-state index contributed by atoms with van der Waals surface area (Å²) in [4.78, 5) is 30.0. The van der Waals surface area contributed by atoms with Crippen LogP contribution in [0.5, 0.6) is 0 Å². The van der Waals surface area contributed by atoms with E-state index >= 15 is 0 Å². The molecule has 0 saturated carbocycles. The van der Waals surface area contributed by atoms with Crippen molar-refractivity contribution in [3.63, 3.8) is 0 Å². The van der Waals surface area contributed by atoms with Crippen LogP contribution in [0.15, 0.2) is 60.7 Å². The second kappa shape index (κ2) is 8.00. The molecule has 3 aliphatic rings. The van der Waals surface area contributed by atoms with Crippen LogP contribution in [-0.4, -0.2) is 55.3 Å². The normalized spacial score (nSPS) is 25.1. The highest BCUT2D eigenvalue weighted by molar-refractivity contribution is 5.91. The number of hydrogen-bond acceptors (Lipinski definition) is 4. The largest absolute Gasteiger partial charge is 0.439 e. The SMILES string of the molecule is O=C1O[C@]2(CCN(C(=O)C3(Cc4ccccc4)CCOCC3)C2)CN1c1ccccc1. The molecule has 162 valence electrons. The molecular formula is C25H28N2O4. The van der Waals surface area contributed by atoms with E-state index in [9.17, 15) is 9.59 Å². The Hall–Kier alpha value is -2.86. The molecule has 1 atom stereocenters. The van der Waals surface area contributed by atoms with Gasteiger partial charge in [-0.3, -0.25) is 9.69 Å². The molecular weight excluding hydrogens is 392 g/mol. The average molecular weight is 421 g/mol. The van der Waals surface area contributed by atoms with Gasteiger partial charge in [0.1, 0.15) is 0 Å². The summed E-state index contributed by atoms with van der Waals surface area (Å²) in [6.45, 7) is 2.77. The molecule has 0 aliphatic carbocycles. The van der Waals surface area contributed by atoms with E-state index in [1.54, 1.807) is 4.90 Å². The van der Waals surface area contributed by atoms with Crippen molar-refractivity contribution in [2.45, 2.75) is 31.3 Å². The summed E-state index contributed by atoms with van der Waals surface area (Å²) in [7, 11) is 0. The molecule has 0 aromatic heterocycles. The number of ether oxygens (including phenoxy) is 2. The van der Waals surface area contributed by atoms with Crippen molar-refractivity contribution in [3.8, 4) is 0 Å². The first-order valence-corrected chi connectivity index (χ1v) is 11.1. The van der Waals surface area contributed by atoms with Crippen LogP contribution in [0.1, 0.15) is 24.8 Å². The topological polar surface area (TPSA) is 59.1 Å². The molecule has 0 N–H and O–H groups in total. The van der Waals surface area contributed by atoms with Crippen molar-refractivity contribution in [2.75, 3.05) is 37.7 Å². The zero-order chi connectivity index (χ0) is 21.3. The highest BCUT2D eigenvalue weighted by Gasteiger charge is 2.53. The minimum Gasteiger partial charge on any atom is -0.439 e.